The molecule has 184 valence electrons. The van der Waals surface area contributed by atoms with Crippen LogP contribution in [-0.4, -0.2) is 19.1 Å². The third-order valence-electron chi connectivity index (χ3n) is 6.20. The van der Waals surface area contributed by atoms with E-state index in [0.717, 1.165) is 12.8 Å². The van der Waals surface area contributed by atoms with E-state index in [0.29, 0.717) is 57.5 Å². The number of hydrogen-bond acceptors (Lipinski definition) is 5. The molecule has 36 heavy (non-hydrogen) atoms. The fourth-order valence-electron chi connectivity index (χ4n) is 4.54. The highest BCUT2D eigenvalue weighted by molar-refractivity contribution is 6.31. The smallest absolute Gasteiger partial charge is 0.295 e. The number of unbranched alkanes of at least 4 members (excludes halogenated alkanes) is 1. The molecule has 0 spiro atoms. The normalized spacial score (nSPS) is 14.8. The maximum atomic E-state index is 13.7. The molecule has 2 heterocycles. The SMILES string of the molecule is CCCCOc1ccc(C2c3c(oc4ccccc4c3=O)C(=O)N2c2cccc(Cl)c2)cc1OCC. The maximum Gasteiger partial charge on any atom is 0.295 e. The molecule has 0 N–H and O–H groups in total. The molecule has 4 aromatic rings. The van der Waals surface area contributed by atoms with Crippen molar-refractivity contribution >= 4 is 34.2 Å². The van der Waals surface area contributed by atoms with E-state index < -0.39 is 11.9 Å². The van der Waals surface area contributed by atoms with Crippen LogP contribution < -0.4 is 19.8 Å². The highest BCUT2D eigenvalue weighted by atomic mass is 35.5. The van der Waals surface area contributed by atoms with Crippen molar-refractivity contribution in [3.05, 3.63) is 98.9 Å². The molecule has 0 radical (unpaired) electrons. The largest absolute Gasteiger partial charge is 0.490 e. The lowest BCUT2D eigenvalue weighted by Crippen LogP contribution is -2.29. The summed E-state index contributed by atoms with van der Waals surface area (Å²) < 4.78 is 17.9. The van der Waals surface area contributed by atoms with Gasteiger partial charge in [0.1, 0.15) is 5.58 Å². The minimum absolute atomic E-state index is 0.0323. The molecule has 7 heteroatoms. The summed E-state index contributed by atoms with van der Waals surface area (Å²) in [5.41, 5.74) is 1.69. The lowest BCUT2D eigenvalue weighted by molar-refractivity contribution is 0.0971. The first kappa shape index (κ1) is 23.9. The van der Waals surface area contributed by atoms with Gasteiger partial charge in [0, 0.05) is 10.7 Å². The Morgan fingerprint density at radius 3 is 2.56 bits per heavy atom. The van der Waals surface area contributed by atoms with Gasteiger partial charge in [-0.15, -0.1) is 0 Å². The third kappa shape index (κ3) is 4.22. The number of nitrogens with zero attached hydrogens (tertiary/aromatic N) is 1. The van der Waals surface area contributed by atoms with E-state index in [2.05, 4.69) is 6.92 Å². The van der Waals surface area contributed by atoms with Gasteiger partial charge in [-0.3, -0.25) is 14.5 Å². The number of amides is 1. The van der Waals surface area contributed by atoms with Crippen molar-refractivity contribution in [2.75, 3.05) is 18.1 Å². The zero-order valence-electron chi connectivity index (χ0n) is 20.1. The first-order valence-corrected chi connectivity index (χ1v) is 12.5. The standard InChI is InChI=1S/C29H26ClNO5/c1-3-5-15-35-23-14-13-18(16-24(23)34-4-2)26-25-27(32)21-11-6-7-12-22(21)36-28(25)29(33)31(26)20-10-8-9-19(30)17-20/h6-14,16-17,26H,3-5,15H2,1-2H3. The van der Waals surface area contributed by atoms with Crippen molar-refractivity contribution < 1.29 is 18.7 Å². The number of carbonyl (C=O) groups is 1. The minimum atomic E-state index is -0.726. The number of carbonyl (C=O) groups excluding carboxylic acids is 1. The Morgan fingerprint density at radius 2 is 1.78 bits per heavy atom. The van der Waals surface area contributed by atoms with Gasteiger partial charge in [0.05, 0.1) is 30.2 Å². The Bertz CT molecular complexity index is 1500. The fourth-order valence-corrected chi connectivity index (χ4v) is 4.72. The summed E-state index contributed by atoms with van der Waals surface area (Å²) in [6.07, 6.45) is 1.94. The molecule has 0 aliphatic carbocycles. The average molecular weight is 504 g/mol. The lowest BCUT2D eigenvalue weighted by Gasteiger charge is -2.26. The predicted octanol–water partition coefficient (Wildman–Crippen LogP) is 6.77. The summed E-state index contributed by atoms with van der Waals surface area (Å²) in [5.74, 6) is 0.813. The van der Waals surface area contributed by atoms with Gasteiger partial charge in [-0.2, -0.15) is 0 Å². The highest BCUT2D eigenvalue weighted by Gasteiger charge is 2.44. The molecule has 1 atom stereocenters. The van der Waals surface area contributed by atoms with Gasteiger partial charge >= 0.3 is 0 Å². The van der Waals surface area contributed by atoms with Crippen molar-refractivity contribution in [1.82, 2.24) is 0 Å². The van der Waals surface area contributed by atoms with E-state index >= 15 is 0 Å². The van der Waals surface area contributed by atoms with E-state index in [9.17, 15) is 9.59 Å². The van der Waals surface area contributed by atoms with Crippen LogP contribution in [0.3, 0.4) is 0 Å². The van der Waals surface area contributed by atoms with Gasteiger partial charge in [0.15, 0.2) is 16.9 Å². The number of hydrogen-bond donors (Lipinski definition) is 0. The molecular weight excluding hydrogens is 478 g/mol. The summed E-state index contributed by atoms with van der Waals surface area (Å²) in [5, 5.41) is 0.903. The van der Waals surface area contributed by atoms with E-state index in [4.69, 9.17) is 25.5 Å². The number of fused-ring (bicyclic) bond motifs is 2. The van der Waals surface area contributed by atoms with E-state index in [1.165, 1.54) is 0 Å². The van der Waals surface area contributed by atoms with Crippen molar-refractivity contribution in [1.29, 1.82) is 0 Å². The molecular formula is C29H26ClNO5. The van der Waals surface area contributed by atoms with Crippen LogP contribution in [0.2, 0.25) is 5.02 Å². The third-order valence-corrected chi connectivity index (χ3v) is 6.44. The second kappa shape index (κ2) is 10.1. The fraction of sp³-hybridized carbons (Fsp3) is 0.241. The summed E-state index contributed by atoms with van der Waals surface area (Å²) in [6.45, 7) is 5.02. The van der Waals surface area contributed by atoms with Crippen molar-refractivity contribution in [3.8, 4) is 11.5 Å². The highest BCUT2D eigenvalue weighted by Crippen LogP contribution is 2.43. The number of rotatable bonds is 8. The predicted molar refractivity (Wildman–Crippen MR) is 141 cm³/mol. The van der Waals surface area contributed by atoms with Crippen molar-refractivity contribution in [2.24, 2.45) is 0 Å². The Morgan fingerprint density at radius 1 is 0.944 bits per heavy atom. The first-order valence-electron chi connectivity index (χ1n) is 12.1. The maximum absolute atomic E-state index is 13.7. The molecule has 0 bridgehead atoms. The number of benzene rings is 3. The van der Waals surface area contributed by atoms with Gasteiger partial charge in [0.2, 0.25) is 5.76 Å². The van der Waals surface area contributed by atoms with Gasteiger partial charge < -0.3 is 13.9 Å². The van der Waals surface area contributed by atoms with Crippen molar-refractivity contribution in [2.45, 2.75) is 32.7 Å². The molecule has 5 rings (SSSR count). The Kier molecular flexibility index (Phi) is 6.70. The van der Waals surface area contributed by atoms with Crippen LogP contribution in [0.5, 0.6) is 11.5 Å². The van der Waals surface area contributed by atoms with Crippen LogP contribution in [-0.2, 0) is 0 Å². The Balaban J connectivity index is 1.71. The Hall–Kier alpha value is -3.77. The minimum Gasteiger partial charge on any atom is -0.490 e. The average Bonchev–Trinajstić information content (AvgIpc) is 3.18. The van der Waals surface area contributed by atoms with E-state index in [1.54, 1.807) is 53.4 Å². The van der Waals surface area contributed by atoms with Crippen LogP contribution >= 0.6 is 11.6 Å². The zero-order chi connectivity index (χ0) is 25.2. The topological polar surface area (TPSA) is 69.0 Å². The summed E-state index contributed by atoms with van der Waals surface area (Å²) in [4.78, 5) is 29.0. The number of ether oxygens (including phenoxy) is 2. The van der Waals surface area contributed by atoms with Gasteiger partial charge in [0.25, 0.3) is 5.91 Å². The zero-order valence-corrected chi connectivity index (χ0v) is 20.9. The molecule has 0 saturated carbocycles. The summed E-state index contributed by atoms with van der Waals surface area (Å²) in [7, 11) is 0. The molecule has 1 aromatic heterocycles. The first-order chi connectivity index (χ1) is 17.5. The van der Waals surface area contributed by atoms with E-state index in [1.807, 2.05) is 25.1 Å². The van der Waals surface area contributed by atoms with Crippen LogP contribution in [0.1, 0.15) is 54.4 Å². The second-order valence-corrected chi connectivity index (χ2v) is 9.01. The molecule has 0 saturated heterocycles. The van der Waals surface area contributed by atoms with Crippen LogP contribution in [0.15, 0.2) is 75.9 Å². The monoisotopic (exact) mass is 503 g/mol. The van der Waals surface area contributed by atoms with Gasteiger partial charge in [-0.1, -0.05) is 49.2 Å². The molecule has 1 aliphatic rings. The molecule has 1 amide bonds. The summed E-state index contributed by atoms with van der Waals surface area (Å²) in [6, 6.07) is 18.8. The van der Waals surface area contributed by atoms with Gasteiger partial charge in [-0.25, -0.2) is 0 Å². The molecule has 6 nitrogen and oxygen atoms in total. The van der Waals surface area contributed by atoms with Crippen LogP contribution in [0.4, 0.5) is 5.69 Å². The Labute approximate surface area is 214 Å². The van der Waals surface area contributed by atoms with Gasteiger partial charge in [-0.05, 0) is 61.4 Å². The molecule has 3 aromatic carbocycles. The summed E-state index contributed by atoms with van der Waals surface area (Å²) >= 11 is 6.28. The molecule has 1 unspecified atom stereocenters. The van der Waals surface area contributed by atoms with E-state index in [-0.39, 0.29) is 11.2 Å². The van der Waals surface area contributed by atoms with Crippen LogP contribution in [0, 0.1) is 0 Å². The lowest BCUT2D eigenvalue weighted by atomic mass is 9.97. The van der Waals surface area contributed by atoms with Crippen molar-refractivity contribution in [3.63, 3.8) is 0 Å². The second-order valence-electron chi connectivity index (χ2n) is 8.57. The van der Waals surface area contributed by atoms with Crippen LogP contribution in [0.25, 0.3) is 11.0 Å². The number of halogens is 1. The molecule has 1 aliphatic heterocycles. The number of anilines is 1. The number of para-hydroxylation sites is 1. The quantitative estimate of drug-likeness (QED) is 0.248. The molecule has 0 fully saturated rings.